The number of aryl methyl sites for hydroxylation is 1. The molecule has 0 radical (unpaired) electrons. The molecule has 0 saturated heterocycles. The average molecular weight is 342 g/mol. The lowest BCUT2D eigenvalue weighted by Crippen LogP contribution is -2.34. The van der Waals surface area contributed by atoms with E-state index in [1.54, 1.807) is 30.3 Å². The third-order valence-corrected chi connectivity index (χ3v) is 3.80. The van der Waals surface area contributed by atoms with Gasteiger partial charge < -0.3 is 24.7 Å². The van der Waals surface area contributed by atoms with Crippen molar-refractivity contribution >= 4 is 11.9 Å². The standard InChI is InChI=1S/C19H21NO5/c1-12-4-6-13(7-5-12)19(23)20-15(11-18(21)22)14-8-9-16(24-2)17(10-14)25-3/h4-10,15H,11H2,1-3H3,(H,20,23)(H,21,22)/p-1/t15-/m0/s1. The molecule has 0 bridgehead atoms. The first kappa shape index (κ1) is 18.3. The summed E-state index contributed by atoms with van der Waals surface area (Å²) in [6, 6.07) is 11.3. The number of nitrogens with one attached hydrogen (secondary N) is 1. The van der Waals surface area contributed by atoms with E-state index in [9.17, 15) is 14.7 Å². The maximum atomic E-state index is 12.4. The minimum atomic E-state index is -1.26. The van der Waals surface area contributed by atoms with Crippen LogP contribution < -0.4 is 19.9 Å². The van der Waals surface area contributed by atoms with Gasteiger partial charge in [-0.1, -0.05) is 23.8 Å². The highest BCUT2D eigenvalue weighted by Gasteiger charge is 2.18. The molecule has 6 nitrogen and oxygen atoms in total. The fourth-order valence-corrected chi connectivity index (χ4v) is 2.43. The second kappa shape index (κ2) is 8.19. The molecule has 1 atom stereocenters. The molecule has 0 fully saturated rings. The summed E-state index contributed by atoms with van der Waals surface area (Å²) in [7, 11) is 3.00. The minimum absolute atomic E-state index is 0.354. The molecule has 0 spiro atoms. The number of carbonyl (C=O) groups is 2. The van der Waals surface area contributed by atoms with Crippen LogP contribution >= 0.6 is 0 Å². The second-order valence-corrected chi connectivity index (χ2v) is 5.58. The van der Waals surface area contributed by atoms with E-state index in [1.807, 2.05) is 19.1 Å². The van der Waals surface area contributed by atoms with Crippen molar-refractivity contribution in [2.45, 2.75) is 19.4 Å². The summed E-state index contributed by atoms with van der Waals surface area (Å²) >= 11 is 0. The van der Waals surface area contributed by atoms with Crippen molar-refractivity contribution in [3.63, 3.8) is 0 Å². The first-order chi connectivity index (χ1) is 11.9. The van der Waals surface area contributed by atoms with Gasteiger partial charge >= 0.3 is 0 Å². The van der Waals surface area contributed by atoms with E-state index >= 15 is 0 Å². The Morgan fingerprint density at radius 2 is 1.68 bits per heavy atom. The van der Waals surface area contributed by atoms with Crippen LogP contribution in [0, 0.1) is 6.92 Å². The zero-order valence-electron chi connectivity index (χ0n) is 14.4. The topological polar surface area (TPSA) is 87.7 Å². The van der Waals surface area contributed by atoms with Crippen molar-refractivity contribution in [2.75, 3.05) is 14.2 Å². The molecule has 1 amide bonds. The van der Waals surface area contributed by atoms with Gasteiger partial charge in [0.2, 0.25) is 0 Å². The molecule has 25 heavy (non-hydrogen) atoms. The third-order valence-electron chi connectivity index (χ3n) is 3.80. The van der Waals surface area contributed by atoms with Crippen LogP contribution in [0.25, 0.3) is 0 Å². The number of amides is 1. The molecule has 0 heterocycles. The average Bonchev–Trinajstić information content (AvgIpc) is 2.60. The van der Waals surface area contributed by atoms with E-state index in [2.05, 4.69) is 5.32 Å². The van der Waals surface area contributed by atoms with Crippen molar-refractivity contribution in [2.24, 2.45) is 0 Å². The molecule has 6 heteroatoms. The van der Waals surface area contributed by atoms with Crippen molar-refractivity contribution < 1.29 is 24.2 Å². The molecule has 0 saturated carbocycles. The number of hydrogen-bond donors (Lipinski definition) is 1. The van der Waals surface area contributed by atoms with Gasteiger partial charge in [0.1, 0.15) is 0 Å². The van der Waals surface area contributed by atoms with Gasteiger partial charge in [-0.2, -0.15) is 0 Å². The van der Waals surface area contributed by atoms with Crippen molar-refractivity contribution in [1.82, 2.24) is 5.32 Å². The Labute approximate surface area is 146 Å². The van der Waals surface area contributed by atoms with Gasteiger partial charge in [-0.3, -0.25) is 4.79 Å². The number of carbonyl (C=O) groups excluding carboxylic acids is 2. The van der Waals surface area contributed by atoms with Crippen LogP contribution in [0.4, 0.5) is 0 Å². The Hall–Kier alpha value is -3.02. The highest BCUT2D eigenvalue weighted by Crippen LogP contribution is 2.31. The number of benzene rings is 2. The number of methoxy groups -OCH3 is 2. The first-order valence-electron chi connectivity index (χ1n) is 7.74. The van der Waals surface area contributed by atoms with Gasteiger partial charge in [-0.25, -0.2) is 0 Å². The van der Waals surface area contributed by atoms with Crippen molar-refractivity contribution in [3.05, 3.63) is 59.2 Å². The monoisotopic (exact) mass is 342 g/mol. The lowest BCUT2D eigenvalue weighted by molar-refractivity contribution is -0.306. The molecule has 2 aromatic carbocycles. The molecule has 0 aliphatic rings. The quantitative estimate of drug-likeness (QED) is 0.826. The van der Waals surface area contributed by atoms with E-state index < -0.39 is 12.0 Å². The molecule has 0 aromatic heterocycles. The van der Waals surface area contributed by atoms with Crippen LogP contribution in [0.1, 0.15) is 33.9 Å². The summed E-state index contributed by atoms with van der Waals surface area (Å²) in [6.07, 6.45) is -0.354. The summed E-state index contributed by atoms with van der Waals surface area (Å²) in [5.74, 6) is -0.652. The van der Waals surface area contributed by atoms with Crippen LogP contribution in [0.2, 0.25) is 0 Å². The minimum Gasteiger partial charge on any atom is -0.550 e. The van der Waals surface area contributed by atoms with Gasteiger partial charge in [0.15, 0.2) is 11.5 Å². The predicted molar refractivity (Wildman–Crippen MR) is 90.6 cm³/mol. The predicted octanol–water partition coefficient (Wildman–Crippen LogP) is 1.62. The molecule has 0 unspecified atom stereocenters. The van der Waals surface area contributed by atoms with Crippen LogP contribution in [0.15, 0.2) is 42.5 Å². The zero-order valence-corrected chi connectivity index (χ0v) is 14.4. The van der Waals surface area contributed by atoms with Gasteiger partial charge in [0.25, 0.3) is 5.91 Å². The number of hydrogen-bond acceptors (Lipinski definition) is 5. The number of aliphatic carboxylic acids is 1. The highest BCUT2D eigenvalue weighted by molar-refractivity contribution is 5.94. The zero-order chi connectivity index (χ0) is 18.4. The van der Waals surface area contributed by atoms with Crippen LogP contribution in [0.3, 0.4) is 0 Å². The smallest absolute Gasteiger partial charge is 0.251 e. The summed E-state index contributed by atoms with van der Waals surface area (Å²) in [6.45, 7) is 1.92. The van der Waals surface area contributed by atoms with Gasteiger partial charge in [-0.05, 0) is 36.8 Å². The third kappa shape index (κ3) is 4.73. The number of carboxylic acid groups (broad SMARTS) is 1. The number of rotatable bonds is 7. The maximum Gasteiger partial charge on any atom is 0.251 e. The molecule has 1 N–H and O–H groups in total. The summed E-state index contributed by atoms with van der Waals surface area (Å²) in [5, 5.41) is 13.8. The largest absolute Gasteiger partial charge is 0.550 e. The SMILES string of the molecule is COc1ccc([C@H](CC(=O)[O-])NC(=O)c2ccc(C)cc2)cc1OC. The lowest BCUT2D eigenvalue weighted by atomic mass is 10.0. The van der Waals surface area contributed by atoms with Crippen molar-refractivity contribution in [3.8, 4) is 11.5 Å². The Morgan fingerprint density at radius 3 is 2.24 bits per heavy atom. The number of carboxylic acids is 1. The maximum absolute atomic E-state index is 12.4. The van der Waals surface area contributed by atoms with E-state index in [1.165, 1.54) is 14.2 Å². The molecule has 132 valence electrons. The molecular formula is C19H20NO5-. The fraction of sp³-hybridized carbons (Fsp3) is 0.263. The van der Waals surface area contributed by atoms with E-state index in [-0.39, 0.29) is 12.3 Å². The van der Waals surface area contributed by atoms with Gasteiger partial charge in [0, 0.05) is 18.0 Å². The van der Waals surface area contributed by atoms with Crippen LogP contribution in [-0.2, 0) is 4.79 Å². The van der Waals surface area contributed by atoms with Crippen LogP contribution in [-0.4, -0.2) is 26.1 Å². The lowest BCUT2D eigenvalue weighted by Gasteiger charge is -2.21. The van der Waals surface area contributed by atoms with Crippen LogP contribution in [0.5, 0.6) is 11.5 Å². The molecule has 0 aliphatic carbocycles. The Balaban J connectivity index is 2.28. The normalized spacial score (nSPS) is 11.5. The van der Waals surface area contributed by atoms with E-state index in [0.29, 0.717) is 22.6 Å². The highest BCUT2D eigenvalue weighted by atomic mass is 16.5. The number of ether oxygens (including phenoxy) is 2. The van der Waals surface area contributed by atoms with Gasteiger partial charge in [-0.15, -0.1) is 0 Å². The Bertz CT molecular complexity index is 755. The molecule has 2 rings (SSSR count). The van der Waals surface area contributed by atoms with Crippen molar-refractivity contribution in [1.29, 1.82) is 0 Å². The molecule has 2 aromatic rings. The summed E-state index contributed by atoms with van der Waals surface area (Å²) in [5.41, 5.74) is 2.07. The summed E-state index contributed by atoms with van der Waals surface area (Å²) in [4.78, 5) is 23.5. The Morgan fingerprint density at radius 1 is 1.04 bits per heavy atom. The van der Waals surface area contributed by atoms with E-state index in [4.69, 9.17) is 9.47 Å². The Kier molecular flexibility index (Phi) is 6.00. The van der Waals surface area contributed by atoms with Gasteiger partial charge in [0.05, 0.1) is 20.3 Å². The molecule has 0 aliphatic heterocycles. The fourth-order valence-electron chi connectivity index (χ4n) is 2.43. The molecular weight excluding hydrogens is 322 g/mol. The second-order valence-electron chi connectivity index (χ2n) is 5.58. The first-order valence-corrected chi connectivity index (χ1v) is 7.74. The van der Waals surface area contributed by atoms with E-state index in [0.717, 1.165) is 5.56 Å². The summed E-state index contributed by atoms with van der Waals surface area (Å²) < 4.78 is 10.4.